The number of hydrogen-bond acceptors (Lipinski definition) is 5. The van der Waals surface area contributed by atoms with Gasteiger partial charge >= 0.3 is 0 Å². The Balaban J connectivity index is 2.02. The van der Waals surface area contributed by atoms with E-state index in [0.29, 0.717) is 18.8 Å². The van der Waals surface area contributed by atoms with Crippen LogP contribution in [0.15, 0.2) is 6.20 Å². The predicted octanol–water partition coefficient (Wildman–Crippen LogP) is 1.42. The molecule has 1 aromatic heterocycles. The second-order valence-corrected chi connectivity index (χ2v) is 8.19. The average Bonchev–Trinajstić information content (AvgIpc) is 2.76. The third-order valence-corrected chi connectivity index (χ3v) is 5.49. The van der Waals surface area contributed by atoms with Crippen LogP contribution in [0.1, 0.15) is 42.5 Å². The maximum Gasteiger partial charge on any atom is 0.271 e. The van der Waals surface area contributed by atoms with Gasteiger partial charge in [-0.25, -0.2) is 18.4 Å². The fraction of sp³-hybridized carbons (Fsp3) is 0.615. The van der Waals surface area contributed by atoms with Crippen molar-refractivity contribution in [2.45, 2.75) is 26.2 Å². The van der Waals surface area contributed by atoms with Gasteiger partial charge in [0.1, 0.15) is 11.5 Å². The van der Waals surface area contributed by atoms with E-state index in [0.717, 1.165) is 0 Å². The molecule has 0 saturated carbocycles. The first-order valence-corrected chi connectivity index (χ1v) is 8.99. The Morgan fingerprint density at radius 3 is 2.81 bits per heavy atom. The minimum Gasteiger partial charge on any atom is -0.350 e. The molecule has 6 nitrogen and oxygen atoms in total. The fourth-order valence-electron chi connectivity index (χ4n) is 2.17. The molecule has 0 bridgehead atoms. The Kier molecular flexibility index (Phi) is 4.83. The van der Waals surface area contributed by atoms with Crippen LogP contribution in [0, 0.1) is 5.92 Å². The largest absolute Gasteiger partial charge is 0.350 e. The molecule has 2 rings (SSSR count). The molecule has 1 aliphatic heterocycles. The van der Waals surface area contributed by atoms with Crippen LogP contribution in [-0.4, -0.2) is 42.3 Å². The zero-order valence-corrected chi connectivity index (χ0v) is 13.5. The van der Waals surface area contributed by atoms with Gasteiger partial charge in [0.2, 0.25) is 0 Å². The Bertz CT molecular complexity index is 646. The summed E-state index contributed by atoms with van der Waals surface area (Å²) in [6.07, 6.45) is 2.00. The van der Waals surface area contributed by atoms with Crippen LogP contribution in [-0.2, 0) is 9.84 Å². The quantitative estimate of drug-likeness (QED) is 0.901. The van der Waals surface area contributed by atoms with Gasteiger partial charge in [0.25, 0.3) is 5.91 Å². The minimum absolute atomic E-state index is 0.0378. The first kappa shape index (κ1) is 16.2. The van der Waals surface area contributed by atoms with Crippen LogP contribution < -0.4 is 5.32 Å². The van der Waals surface area contributed by atoms with E-state index in [1.54, 1.807) is 0 Å². The molecule has 0 spiro atoms. The maximum absolute atomic E-state index is 12.1. The van der Waals surface area contributed by atoms with E-state index >= 15 is 0 Å². The summed E-state index contributed by atoms with van der Waals surface area (Å²) in [4.78, 5) is 20.4. The summed E-state index contributed by atoms with van der Waals surface area (Å²) >= 11 is 5.95. The van der Waals surface area contributed by atoms with Crippen LogP contribution >= 0.6 is 11.6 Å². The first-order valence-electron chi connectivity index (χ1n) is 6.79. The van der Waals surface area contributed by atoms with Crippen LogP contribution in [0.2, 0.25) is 5.02 Å². The van der Waals surface area contributed by atoms with Gasteiger partial charge in [0.05, 0.1) is 22.7 Å². The van der Waals surface area contributed by atoms with E-state index in [1.807, 2.05) is 13.8 Å². The van der Waals surface area contributed by atoms with E-state index in [2.05, 4.69) is 15.3 Å². The molecule has 1 unspecified atom stereocenters. The summed E-state index contributed by atoms with van der Waals surface area (Å²) in [5, 5.41) is 2.90. The Labute approximate surface area is 129 Å². The van der Waals surface area contributed by atoms with Crippen molar-refractivity contribution in [3.8, 4) is 0 Å². The number of amides is 1. The lowest BCUT2D eigenvalue weighted by Crippen LogP contribution is -2.31. The number of aromatic nitrogens is 2. The number of halogens is 1. The number of carbonyl (C=O) groups excluding carboxylic acids is 1. The van der Waals surface area contributed by atoms with Gasteiger partial charge in [-0.3, -0.25) is 4.79 Å². The number of nitrogens with zero attached hydrogens (tertiary/aromatic N) is 2. The maximum atomic E-state index is 12.1. The summed E-state index contributed by atoms with van der Waals surface area (Å²) in [7, 11) is -2.94. The monoisotopic (exact) mass is 331 g/mol. The molecule has 2 heterocycles. The van der Waals surface area contributed by atoms with E-state index in [-0.39, 0.29) is 34.1 Å². The van der Waals surface area contributed by atoms with E-state index in [9.17, 15) is 13.2 Å². The van der Waals surface area contributed by atoms with Crippen LogP contribution in [0.5, 0.6) is 0 Å². The second-order valence-electron chi connectivity index (χ2n) is 5.56. The van der Waals surface area contributed by atoms with Crippen molar-refractivity contribution in [1.82, 2.24) is 15.3 Å². The van der Waals surface area contributed by atoms with Crippen molar-refractivity contribution in [2.24, 2.45) is 5.92 Å². The van der Waals surface area contributed by atoms with Crippen LogP contribution in [0.4, 0.5) is 0 Å². The average molecular weight is 332 g/mol. The molecule has 1 N–H and O–H groups in total. The van der Waals surface area contributed by atoms with E-state index in [1.165, 1.54) is 6.20 Å². The summed E-state index contributed by atoms with van der Waals surface area (Å²) < 4.78 is 22.7. The number of nitrogens with one attached hydrogen (secondary N) is 1. The van der Waals surface area contributed by atoms with Crippen molar-refractivity contribution in [1.29, 1.82) is 0 Å². The molecule has 1 saturated heterocycles. The molecule has 8 heteroatoms. The molecule has 1 amide bonds. The van der Waals surface area contributed by atoms with Gasteiger partial charge in [0.15, 0.2) is 9.84 Å². The molecule has 1 aromatic rings. The molecule has 1 atom stereocenters. The summed E-state index contributed by atoms with van der Waals surface area (Å²) in [6.45, 7) is 4.16. The van der Waals surface area contributed by atoms with Crippen molar-refractivity contribution in [3.63, 3.8) is 0 Å². The molecule has 1 fully saturated rings. The SMILES string of the molecule is CC(C)c1ncc(Cl)c(C(=O)NCC2CCS(=O)(=O)C2)n1. The smallest absolute Gasteiger partial charge is 0.271 e. The lowest BCUT2D eigenvalue weighted by Gasteiger charge is -2.11. The summed E-state index contributed by atoms with van der Waals surface area (Å²) in [5.41, 5.74) is 0.135. The zero-order valence-electron chi connectivity index (χ0n) is 12.0. The van der Waals surface area contributed by atoms with Gasteiger partial charge in [-0.2, -0.15) is 0 Å². The number of rotatable bonds is 4. The molecule has 0 aromatic carbocycles. The van der Waals surface area contributed by atoms with E-state index < -0.39 is 15.7 Å². The van der Waals surface area contributed by atoms with Gasteiger partial charge in [-0.15, -0.1) is 0 Å². The summed E-state index contributed by atoms with van der Waals surface area (Å²) in [5.74, 6) is 0.529. The van der Waals surface area contributed by atoms with Crippen LogP contribution in [0.3, 0.4) is 0 Å². The lowest BCUT2D eigenvalue weighted by atomic mass is 10.1. The summed E-state index contributed by atoms with van der Waals surface area (Å²) in [6, 6.07) is 0. The Morgan fingerprint density at radius 2 is 2.24 bits per heavy atom. The number of sulfone groups is 1. The minimum atomic E-state index is -2.94. The first-order chi connectivity index (χ1) is 9.78. The molecule has 0 radical (unpaired) electrons. The number of hydrogen-bond donors (Lipinski definition) is 1. The predicted molar refractivity (Wildman–Crippen MR) is 80.2 cm³/mol. The third-order valence-electron chi connectivity index (χ3n) is 3.37. The van der Waals surface area contributed by atoms with Crippen molar-refractivity contribution in [3.05, 3.63) is 22.7 Å². The molecule has 0 aliphatic carbocycles. The molecule has 116 valence electrons. The van der Waals surface area contributed by atoms with E-state index in [4.69, 9.17) is 11.6 Å². The number of carbonyl (C=O) groups is 1. The highest BCUT2D eigenvalue weighted by Gasteiger charge is 2.28. The van der Waals surface area contributed by atoms with Crippen molar-refractivity contribution < 1.29 is 13.2 Å². The zero-order chi connectivity index (χ0) is 15.6. The van der Waals surface area contributed by atoms with Crippen LogP contribution in [0.25, 0.3) is 0 Å². The van der Waals surface area contributed by atoms with Crippen molar-refractivity contribution >= 4 is 27.3 Å². The molecular weight excluding hydrogens is 314 g/mol. The van der Waals surface area contributed by atoms with Crippen molar-refractivity contribution in [2.75, 3.05) is 18.1 Å². The topological polar surface area (TPSA) is 89.0 Å². The highest BCUT2D eigenvalue weighted by atomic mass is 35.5. The lowest BCUT2D eigenvalue weighted by molar-refractivity contribution is 0.0943. The standard InChI is InChI=1S/C13H18ClN3O3S/c1-8(2)12-15-6-10(14)11(17-12)13(18)16-5-9-3-4-21(19,20)7-9/h6,8-9H,3-5,7H2,1-2H3,(H,16,18). The normalized spacial score (nSPS) is 20.7. The second kappa shape index (κ2) is 6.27. The molecule has 21 heavy (non-hydrogen) atoms. The van der Waals surface area contributed by atoms with Gasteiger partial charge < -0.3 is 5.32 Å². The highest BCUT2D eigenvalue weighted by molar-refractivity contribution is 7.91. The molecular formula is C13H18ClN3O3S. The fourth-order valence-corrected chi connectivity index (χ4v) is 4.21. The Morgan fingerprint density at radius 1 is 1.52 bits per heavy atom. The van der Waals surface area contributed by atoms with Gasteiger partial charge in [0, 0.05) is 12.5 Å². The Hall–Kier alpha value is -1.21. The highest BCUT2D eigenvalue weighted by Crippen LogP contribution is 2.19. The molecule has 1 aliphatic rings. The van der Waals surface area contributed by atoms with Gasteiger partial charge in [-0.1, -0.05) is 25.4 Å². The van der Waals surface area contributed by atoms with Gasteiger partial charge in [-0.05, 0) is 12.3 Å². The third kappa shape index (κ3) is 4.14.